The largest absolute Gasteiger partial charge is 0.493 e. The number of nitrogens with zero attached hydrogens (tertiary/aromatic N) is 2. The molecule has 7 heteroatoms. The molecule has 0 saturated carbocycles. The fourth-order valence-corrected chi connectivity index (χ4v) is 3.06. The van der Waals surface area contributed by atoms with Crippen molar-refractivity contribution in [2.45, 2.75) is 13.0 Å². The minimum absolute atomic E-state index is 0.140. The molecule has 156 valence electrons. The number of amides is 1. The van der Waals surface area contributed by atoms with Crippen LogP contribution in [0.1, 0.15) is 24.1 Å². The van der Waals surface area contributed by atoms with E-state index in [0.717, 1.165) is 16.8 Å². The summed E-state index contributed by atoms with van der Waals surface area (Å²) in [7, 11) is 4.65. The Hall–Kier alpha value is -3.74. The van der Waals surface area contributed by atoms with Gasteiger partial charge in [-0.15, -0.1) is 0 Å². The lowest BCUT2D eigenvalue weighted by Crippen LogP contribution is -2.24. The van der Waals surface area contributed by atoms with Crippen LogP contribution < -0.4 is 19.5 Å². The molecule has 3 rings (SSSR count). The second-order valence-corrected chi connectivity index (χ2v) is 6.58. The van der Waals surface area contributed by atoms with Crippen molar-refractivity contribution in [3.05, 3.63) is 72.3 Å². The molecule has 0 bridgehead atoms. The van der Waals surface area contributed by atoms with Gasteiger partial charge >= 0.3 is 0 Å². The topological polar surface area (TPSA) is 74.6 Å². The third-order valence-corrected chi connectivity index (χ3v) is 4.67. The Bertz CT molecular complexity index is 986. The maximum Gasteiger partial charge on any atom is 0.244 e. The molecule has 1 amide bonds. The quantitative estimate of drug-likeness (QED) is 0.575. The van der Waals surface area contributed by atoms with E-state index in [1.165, 1.54) is 6.08 Å². The van der Waals surface area contributed by atoms with Crippen LogP contribution in [0.5, 0.6) is 17.2 Å². The Morgan fingerprint density at radius 1 is 1.07 bits per heavy atom. The number of hydrogen-bond acceptors (Lipinski definition) is 5. The number of methoxy groups -OCH3 is 3. The molecule has 0 aliphatic carbocycles. The minimum atomic E-state index is -0.199. The second kappa shape index (κ2) is 9.65. The Morgan fingerprint density at radius 3 is 2.27 bits per heavy atom. The van der Waals surface area contributed by atoms with E-state index in [1.807, 2.05) is 42.0 Å². The molecule has 7 nitrogen and oxygen atoms in total. The van der Waals surface area contributed by atoms with Gasteiger partial charge in [0.25, 0.3) is 0 Å². The van der Waals surface area contributed by atoms with Crippen LogP contribution in [0.4, 0.5) is 0 Å². The average molecular weight is 407 g/mol. The highest BCUT2D eigenvalue weighted by molar-refractivity contribution is 5.92. The first-order chi connectivity index (χ1) is 14.5. The van der Waals surface area contributed by atoms with Gasteiger partial charge in [-0.2, -0.15) is 0 Å². The number of nitrogens with one attached hydrogen (secondary N) is 1. The highest BCUT2D eigenvalue weighted by Crippen LogP contribution is 2.38. The number of hydrogen-bond donors (Lipinski definition) is 1. The fourth-order valence-electron chi connectivity index (χ4n) is 3.06. The molecule has 1 aromatic heterocycles. The standard InChI is InChI=1S/C23H25N3O4/c1-16(18-6-8-19(9-7-18)26-12-11-24-15-26)25-22(27)10-5-17-13-20(28-2)23(30-4)21(14-17)29-3/h5-16H,1-4H3,(H,25,27)/b10-5+/t16-/m1/s1. The predicted octanol–water partition coefficient (Wildman–Crippen LogP) is 3.79. The van der Waals surface area contributed by atoms with Gasteiger partial charge in [0, 0.05) is 24.2 Å². The van der Waals surface area contributed by atoms with Crippen LogP contribution in [0.2, 0.25) is 0 Å². The zero-order chi connectivity index (χ0) is 21.5. The van der Waals surface area contributed by atoms with Gasteiger partial charge in [0.05, 0.1) is 33.7 Å². The number of rotatable bonds is 8. The number of carbonyl (C=O) groups is 1. The summed E-state index contributed by atoms with van der Waals surface area (Å²) in [6.07, 6.45) is 8.55. The summed E-state index contributed by atoms with van der Waals surface area (Å²) in [6, 6.07) is 11.4. The van der Waals surface area contributed by atoms with Gasteiger partial charge in [0.2, 0.25) is 11.7 Å². The van der Waals surface area contributed by atoms with E-state index in [4.69, 9.17) is 14.2 Å². The van der Waals surface area contributed by atoms with Gasteiger partial charge in [0.1, 0.15) is 0 Å². The molecule has 0 unspecified atom stereocenters. The summed E-state index contributed by atoms with van der Waals surface area (Å²) in [4.78, 5) is 16.4. The molecule has 30 heavy (non-hydrogen) atoms. The summed E-state index contributed by atoms with van der Waals surface area (Å²) < 4.78 is 17.9. The summed E-state index contributed by atoms with van der Waals surface area (Å²) in [5, 5.41) is 2.97. The maximum absolute atomic E-state index is 12.4. The van der Waals surface area contributed by atoms with E-state index >= 15 is 0 Å². The van der Waals surface area contributed by atoms with E-state index in [2.05, 4.69) is 10.3 Å². The highest BCUT2D eigenvalue weighted by atomic mass is 16.5. The van der Waals surface area contributed by atoms with Crippen LogP contribution in [0.3, 0.4) is 0 Å². The molecule has 0 spiro atoms. The average Bonchev–Trinajstić information content (AvgIpc) is 3.31. The first-order valence-electron chi connectivity index (χ1n) is 9.42. The first kappa shape index (κ1) is 21.0. The SMILES string of the molecule is COc1cc(/C=C/C(=O)N[C@H](C)c2ccc(-n3ccnc3)cc2)cc(OC)c1OC. The second-order valence-electron chi connectivity index (χ2n) is 6.58. The van der Waals surface area contributed by atoms with Gasteiger partial charge in [-0.05, 0) is 48.4 Å². The van der Waals surface area contributed by atoms with Crippen molar-refractivity contribution in [3.8, 4) is 22.9 Å². The molecule has 0 saturated heterocycles. The minimum Gasteiger partial charge on any atom is -0.493 e. The summed E-state index contributed by atoms with van der Waals surface area (Å²) >= 11 is 0. The van der Waals surface area contributed by atoms with Crippen LogP contribution in [0.15, 0.2) is 61.2 Å². The predicted molar refractivity (Wildman–Crippen MR) is 115 cm³/mol. The van der Waals surface area contributed by atoms with Crippen molar-refractivity contribution >= 4 is 12.0 Å². The zero-order valence-electron chi connectivity index (χ0n) is 17.5. The van der Waals surface area contributed by atoms with Gasteiger partial charge in [-0.25, -0.2) is 4.98 Å². The summed E-state index contributed by atoms with van der Waals surface area (Å²) in [6.45, 7) is 1.94. The molecule has 1 heterocycles. The lowest BCUT2D eigenvalue weighted by atomic mass is 10.1. The van der Waals surface area contributed by atoms with Crippen molar-refractivity contribution in [3.63, 3.8) is 0 Å². The van der Waals surface area contributed by atoms with E-state index < -0.39 is 0 Å². The third kappa shape index (κ3) is 4.81. The number of ether oxygens (including phenoxy) is 3. The highest BCUT2D eigenvalue weighted by Gasteiger charge is 2.12. The van der Waals surface area contributed by atoms with Crippen LogP contribution in [-0.4, -0.2) is 36.8 Å². The summed E-state index contributed by atoms with van der Waals surface area (Å²) in [5.74, 6) is 1.37. The maximum atomic E-state index is 12.4. The molecule has 0 radical (unpaired) electrons. The lowest BCUT2D eigenvalue weighted by molar-refractivity contribution is -0.117. The Morgan fingerprint density at radius 2 is 1.73 bits per heavy atom. The Balaban J connectivity index is 1.67. The van der Waals surface area contributed by atoms with Gasteiger partial charge in [-0.1, -0.05) is 12.1 Å². The van der Waals surface area contributed by atoms with Crippen molar-refractivity contribution in [2.75, 3.05) is 21.3 Å². The van der Waals surface area contributed by atoms with E-state index in [1.54, 1.807) is 52.1 Å². The molecule has 0 fully saturated rings. The van der Waals surface area contributed by atoms with Crippen LogP contribution in [0, 0.1) is 0 Å². The van der Waals surface area contributed by atoms with E-state index in [9.17, 15) is 4.79 Å². The molecule has 3 aromatic rings. The first-order valence-corrected chi connectivity index (χ1v) is 9.42. The van der Waals surface area contributed by atoms with Crippen molar-refractivity contribution in [1.82, 2.24) is 14.9 Å². The van der Waals surface area contributed by atoms with Crippen LogP contribution in [0.25, 0.3) is 11.8 Å². The molecular formula is C23H25N3O4. The number of carbonyl (C=O) groups excluding carboxylic acids is 1. The van der Waals surface area contributed by atoms with Crippen molar-refractivity contribution in [2.24, 2.45) is 0 Å². The van der Waals surface area contributed by atoms with Crippen LogP contribution >= 0.6 is 0 Å². The van der Waals surface area contributed by atoms with Crippen molar-refractivity contribution < 1.29 is 19.0 Å². The monoisotopic (exact) mass is 407 g/mol. The summed E-state index contributed by atoms with van der Waals surface area (Å²) in [5.41, 5.74) is 2.78. The Labute approximate surface area is 175 Å². The number of imidazole rings is 1. The molecule has 2 aromatic carbocycles. The van der Waals surface area contributed by atoms with E-state index in [0.29, 0.717) is 17.2 Å². The normalized spacial score (nSPS) is 11.9. The number of aromatic nitrogens is 2. The smallest absolute Gasteiger partial charge is 0.244 e. The number of benzene rings is 2. The molecular weight excluding hydrogens is 382 g/mol. The lowest BCUT2D eigenvalue weighted by Gasteiger charge is -2.14. The molecule has 0 aliphatic heterocycles. The van der Waals surface area contributed by atoms with Gasteiger partial charge in [-0.3, -0.25) is 4.79 Å². The van der Waals surface area contributed by atoms with Crippen molar-refractivity contribution in [1.29, 1.82) is 0 Å². The third-order valence-electron chi connectivity index (χ3n) is 4.67. The molecule has 1 atom stereocenters. The van der Waals surface area contributed by atoms with Crippen LogP contribution in [-0.2, 0) is 4.79 Å². The Kier molecular flexibility index (Phi) is 6.75. The molecule has 1 N–H and O–H groups in total. The fraction of sp³-hybridized carbons (Fsp3) is 0.217. The zero-order valence-corrected chi connectivity index (χ0v) is 17.5. The van der Waals surface area contributed by atoms with Gasteiger partial charge in [0.15, 0.2) is 11.5 Å². The molecule has 0 aliphatic rings. The van der Waals surface area contributed by atoms with E-state index in [-0.39, 0.29) is 11.9 Å². The van der Waals surface area contributed by atoms with Gasteiger partial charge < -0.3 is 24.1 Å².